The molecule has 0 spiro atoms. The number of rotatable bonds is 3. The number of aromatic amines is 1. The van der Waals surface area contributed by atoms with Gasteiger partial charge in [-0.25, -0.2) is 0 Å². The molecular weight excluding hydrogens is 314 g/mol. The van der Waals surface area contributed by atoms with Crippen molar-refractivity contribution in [3.63, 3.8) is 0 Å². The van der Waals surface area contributed by atoms with Gasteiger partial charge >= 0.3 is 0 Å². The summed E-state index contributed by atoms with van der Waals surface area (Å²) >= 11 is 8.58. The molecule has 0 aliphatic rings. The highest BCUT2D eigenvalue weighted by Crippen LogP contribution is 2.37. The fourth-order valence-corrected chi connectivity index (χ4v) is 3.22. The Labute approximate surface area is 131 Å². The molecule has 7 heteroatoms. The van der Waals surface area contributed by atoms with E-state index in [1.54, 1.807) is 19.0 Å². The monoisotopic (exact) mass is 327 g/mol. The second-order valence-electron chi connectivity index (χ2n) is 4.21. The number of aromatic nitrogens is 2. The van der Waals surface area contributed by atoms with E-state index >= 15 is 0 Å². The summed E-state index contributed by atoms with van der Waals surface area (Å²) in [6.45, 7) is 0. The van der Waals surface area contributed by atoms with Gasteiger partial charge in [0.25, 0.3) is 5.24 Å². The molecule has 106 valence electrons. The van der Waals surface area contributed by atoms with E-state index in [1.165, 1.54) is 23.5 Å². The second kappa shape index (κ2) is 6.56. The van der Waals surface area contributed by atoms with Crippen molar-refractivity contribution < 1.29 is 4.79 Å². The van der Waals surface area contributed by atoms with E-state index < -0.39 is 0 Å². The van der Waals surface area contributed by atoms with E-state index in [0.29, 0.717) is 5.02 Å². The number of thioether (sulfide) groups is 2. The third kappa shape index (κ3) is 3.31. The summed E-state index contributed by atoms with van der Waals surface area (Å²) in [7, 11) is 3.46. The van der Waals surface area contributed by atoms with Crippen LogP contribution in [0.15, 0.2) is 34.2 Å². The standard InChI is InChI=1S/C13H14ClN3OS2/c1-17(2)13(18)20-11-10(15-16-12(11)19-3)8-4-6-9(14)7-5-8/h4-7H,1-3H3,(H,15,16). The molecule has 2 rings (SSSR count). The summed E-state index contributed by atoms with van der Waals surface area (Å²) in [5.74, 6) is 0. The quantitative estimate of drug-likeness (QED) is 0.857. The van der Waals surface area contributed by atoms with Gasteiger partial charge in [-0.15, -0.1) is 11.8 Å². The molecule has 0 bridgehead atoms. The smallest absolute Gasteiger partial charge is 0.286 e. The first kappa shape index (κ1) is 15.3. The molecule has 4 nitrogen and oxygen atoms in total. The molecule has 1 aromatic carbocycles. The van der Waals surface area contributed by atoms with Crippen LogP contribution in [-0.2, 0) is 0 Å². The largest absolute Gasteiger partial charge is 0.339 e. The maximum absolute atomic E-state index is 11.9. The van der Waals surface area contributed by atoms with Crippen LogP contribution < -0.4 is 0 Å². The number of benzene rings is 1. The third-order valence-electron chi connectivity index (χ3n) is 2.57. The van der Waals surface area contributed by atoms with E-state index in [2.05, 4.69) is 10.2 Å². The molecular formula is C13H14ClN3OS2. The zero-order valence-electron chi connectivity index (χ0n) is 11.3. The summed E-state index contributed by atoms with van der Waals surface area (Å²) in [6, 6.07) is 7.45. The Hall–Kier alpha value is -1.11. The molecule has 1 heterocycles. The first-order valence-corrected chi connectivity index (χ1v) is 8.22. The van der Waals surface area contributed by atoms with Gasteiger partial charge in [-0.05, 0) is 30.2 Å². The van der Waals surface area contributed by atoms with E-state index in [1.807, 2.05) is 30.5 Å². The maximum atomic E-state index is 11.9. The number of H-pyrrole nitrogens is 1. The highest BCUT2D eigenvalue weighted by Gasteiger charge is 2.19. The Bertz CT molecular complexity index is 611. The number of carbonyl (C=O) groups is 1. The van der Waals surface area contributed by atoms with Gasteiger partial charge in [0.2, 0.25) is 0 Å². The van der Waals surface area contributed by atoms with Crippen molar-refractivity contribution in [2.45, 2.75) is 9.92 Å². The molecule has 0 aliphatic heterocycles. The molecule has 0 aliphatic carbocycles. The van der Waals surface area contributed by atoms with E-state index in [0.717, 1.165) is 21.2 Å². The Morgan fingerprint density at radius 3 is 2.50 bits per heavy atom. The van der Waals surface area contributed by atoms with Gasteiger partial charge in [0.1, 0.15) is 5.03 Å². The summed E-state index contributed by atoms with van der Waals surface area (Å²) in [6.07, 6.45) is 1.94. The minimum atomic E-state index is -0.0306. The van der Waals surface area contributed by atoms with Crippen molar-refractivity contribution in [1.82, 2.24) is 15.1 Å². The van der Waals surface area contributed by atoms with Crippen LogP contribution in [0.4, 0.5) is 4.79 Å². The third-order valence-corrected chi connectivity index (χ3v) is 4.78. The van der Waals surface area contributed by atoms with Crippen LogP contribution >= 0.6 is 35.1 Å². The zero-order valence-corrected chi connectivity index (χ0v) is 13.7. The Morgan fingerprint density at radius 1 is 1.30 bits per heavy atom. The zero-order chi connectivity index (χ0) is 14.7. The van der Waals surface area contributed by atoms with Crippen LogP contribution in [0.5, 0.6) is 0 Å². The van der Waals surface area contributed by atoms with Crippen molar-refractivity contribution in [3.05, 3.63) is 29.3 Å². The minimum Gasteiger partial charge on any atom is -0.339 e. The SMILES string of the molecule is CSc1n[nH]c(-c2ccc(Cl)cc2)c1SC(=O)N(C)C. The number of hydrogen-bond donors (Lipinski definition) is 1. The lowest BCUT2D eigenvalue weighted by atomic mass is 10.2. The van der Waals surface area contributed by atoms with Crippen molar-refractivity contribution in [2.75, 3.05) is 20.4 Å². The summed E-state index contributed by atoms with van der Waals surface area (Å²) in [4.78, 5) is 14.3. The molecule has 1 N–H and O–H groups in total. The number of halogens is 1. The predicted octanol–water partition coefficient (Wildman–Crippen LogP) is 4.23. The molecule has 20 heavy (non-hydrogen) atoms. The Balaban J connectivity index is 2.41. The van der Waals surface area contributed by atoms with E-state index in [4.69, 9.17) is 11.6 Å². The van der Waals surface area contributed by atoms with Crippen LogP contribution in [-0.4, -0.2) is 40.7 Å². The van der Waals surface area contributed by atoms with Gasteiger partial charge in [0.05, 0.1) is 10.6 Å². The highest BCUT2D eigenvalue weighted by atomic mass is 35.5. The van der Waals surface area contributed by atoms with E-state index in [-0.39, 0.29) is 5.24 Å². The normalized spacial score (nSPS) is 10.6. The first-order valence-electron chi connectivity index (χ1n) is 5.80. The Kier molecular flexibility index (Phi) is 5.01. The van der Waals surface area contributed by atoms with E-state index in [9.17, 15) is 4.79 Å². The molecule has 1 aromatic heterocycles. The van der Waals surface area contributed by atoms with Gasteiger partial charge in [-0.3, -0.25) is 9.89 Å². The number of nitrogens with one attached hydrogen (secondary N) is 1. The highest BCUT2D eigenvalue weighted by molar-refractivity contribution is 8.14. The average molecular weight is 328 g/mol. The summed E-state index contributed by atoms with van der Waals surface area (Å²) in [5.41, 5.74) is 1.79. The van der Waals surface area contributed by atoms with Crippen molar-refractivity contribution in [1.29, 1.82) is 0 Å². The predicted molar refractivity (Wildman–Crippen MR) is 85.8 cm³/mol. The molecule has 0 atom stereocenters. The molecule has 0 fully saturated rings. The van der Waals surface area contributed by atoms with Crippen molar-refractivity contribution in [3.8, 4) is 11.3 Å². The molecule has 1 amide bonds. The van der Waals surface area contributed by atoms with Gasteiger partial charge in [-0.1, -0.05) is 23.7 Å². The molecule has 0 unspecified atom stereocenters. The first-order chi connectivity index (χ1) is 9.52. The van der Waals surface area contributed by atoms with Crippen molar-refractivity contribution >= 4 is 40.4 Å². The van der Waals surface area contributed by atoms with Gasteiger partial charge in [0, 0.05) is 24.7 Å². The molecule has 0 saturated carbocycles. The van der Waals surface area contributed by atoms with Crippen LogP contribution in [0.2, 0.25) is 5.02 Å². The fraction of sp³-hybridized carbons (Fsp3) is 0.231. The van der Waals surface area contributed by atoms with Crippen LogP contribution in [0, 0.1) is 0 Å². The lowest BCUT2D eigenvalue weighted by Crippen LogP contribution is -2.16. The number of nitrogens with zero attached hydrogens (tertiary/aromatic N) is 2. The van der Waals surface area contributed by atoms with Crippen LogP contribution in [0.25, 0.3) is 11.3 Å². The number of hydrogen-bond acceptors (Lipinski definition) is 4. The Morgan fingerprint density at radius 2 is 1.95 bits per heavy atom. The molecule has 2 aromatic rings. The maximum Gasteiger partial charge on any atom is 0.286 e. The second-order valence-corrected chi connectivity index (χ2v) is 6.40. The molecule has 0 saturated heterocycles. The lowest BCUT2D eigenvalue weighted by molar-refractivity contribution is 0.241. The van der Waals surface area contributed by atoms with Crippen LogP contribution in [0.1, 0.15) is 0 Å². The van der Waals surface area contributed by atoms with Gasteiger partial charge in [-0.2, -0.15) is 5.10 Å². The number of carbonyl (C=O) groups excluding carboxylic acids is 1. The van der Waals surface area contributed by atoms with Crippen molar-refractivity contribution in [2.24, 2.45) is 0 Å². The van der Waals surface area contributed by atoms with Gasteiger partial charge in [0.15, 0.2) is 0 Å². The summed E-state index contributed by atoms with van der Waals surface area (Å²) < 4.78 is 0. The van der Waals surface area contributed by atoms with Crippen LogP contribution in [0.3, 0.4) is 0 Å². The topological polar surface area (TPSA) is 49.0 Å². The average Bonchev–Trinajstić information content (AvgIpc) is 2.82. The summed E-state index contributed by atoms with van der Waals surface area (Å²) in [5, 5.41) is 8.72. The number of amides is 1. The lowest BCUT2D eigenvalue weighted by Gasteiger charge is -2.10. The molecule has 0 radical (unpaired) electrons. The van der Waals surface area contributed by atoms with Gasteiger partial charge < -0.3 is 4.90 Å². The fourth-order valence-electron chi connectivity index (χ4n) is 1.54. The minimum absolute atomic E-state index is 0.0306.